The maximum atomic E-state index is 12.9. The fourth-order valence-electron chi connectivity index (χ4n) is 3.30. The van der Waals surface area contributed by atoms with Crippen LogP contribution in [0.4, 0.5) is 0 Å². The van der Waals surface area contributed by atoms with E-state index in [9.17, 15) is 13.2 Å². The van der Waals surface area contributed by atoms with E-state index in [1.807, 2.05) is 19.1 Å². The highest BCUT2D eigenvalue weighted by Crippen LogP contribution is 2.30. The molecule has 0 saturated carbocycles. The number of hydrogen-bond acceptors (Lipinski definition) is 6. The predicted octanol–water partition coefficient (Wildman–Crippen LogP) is 3.24. The number of methoxy groups -OCH3 is 1. The number of rotatable bonds is 12. The van der Waals surface area contributed by atoms with E-state index in [0.717, 1.165) is 24.0 Å². The monoisotopic (exact) mass is 434 g/mol. The van der Waals surface area contributed by atoms with Crippen LogP contribution < -0.4 is 0 Å². The van der Waals surface area contributed by atoms with E-state index < -0.39 is 21.4 Å². The minimum atomic E-state index is -3.71. The molecule has 1 aromatic carbocycles. The lowest BCUT2D eigenvalue weighted by Crippen LogP contribution is -2.26. The van der Waals surface area contributed by atoms with Crippen LogP contribution in [0.3, 0.4) is 0 Å². The van der Waals surface area contributed by atoms with Gasteiger partial charge < -0.3 is 14.6 Å². The van der Waals surface area contributed by atoms with Crippen LogP contribution in [0.25, 0.3) is 0 Å². The molecule has 1 aliphatic carbocycles. The minimum absolute atomic E-state index is 0.0426. The van der Waals surface area contributed by atoms with Crippen molar-refractivity contribution in [1.29, 1.82) is 0 Å². The van der Waals surface area contributed by atoms with Crippen molar-refractivity contribution in [2.24, 2.45) is 5.92 Å². The first-order chi connectivity index (χ1) is 14.4. The summed E-state index contributed by atoms with van der Waals surface area (Å²) in [4.78, 5) is 13.0. The van der Waals surface area contributed by atoms with E-state index >= 15 is 0 Å². The Kier molecular flexibility index (Phi) is 9.65. The Morgan fingerprint density at radius 1 is 1.23 bits per heavy atom. The molecule has 1 atom stereocenters. The largest absolute Gasteiger partial charge is 0.392 e. The average molecular weight is 435 g/mol. The summed E-state index contributed by atoms with van der Waals surface area (Å²) in [7, 11) is -2.18. The number of benzene rings is 1. The molecule has 30 heavy (non-hydrogen) atoms. The summed E-state index contributed by atoms with van der Waals surface area (Å²) in [6.07, 6.45) is 7.84. The lowest BCUT2D eigenvalue weighted by Gasteiger charge is -2.24. The van der Waals surface area contributed by atoms with Crippen molar-refractivity contribution in [2.75, 3.05) is 32.9 Å². The van der Waals surface area contributed by atoms with Crippen LogP contribution in [-0.4, -0.2) is 52.2 Å². The Labute approximate surface area is 178 Å². The van der Waals surface area contributed by atoms with Gasteiger partial charge >= 0.3 is 0 Å². The van der Waals surface area contributed by atoms with E-state index in [2.05, 4.69) is 0 Å². The summed E-state index contributed by atoms with van der Waals surface area (Å²) >= 11 is 0. The first-order valence-corrected chi connectivity index (χ1v) is 11.6. The lowest BCUT2D eigenvalue weighted by molar-refractivity contribution is -0.114. The van der Waals surface area contributed by atoms with Gasteiger partial charge in [0.05, 0.1) is 18.1 Å². The Bertz CT molecular complexity index is 897. The van der Waals surface area contributed by atoms with Crippen LogP contribution in [0.15, 0.2) is 70.2 Å². The summed E-state index contributed by atoms with van der Waals surface area (Å²) in [5.74, 6) is -1.19. The number of ketones is 1. The molecule has 0 aromatic heterocycles. The van der Waals surface area contributed by atoms with Gasteiger partial charge in [-0.2, -0.15) is 0 Å². The van der Waals surface area contributed by atoms with E-state index in [4.69, 9.17) is 14.6 Å². The number of sulfone groups is 1. The summed E-state index contributed by atoms with van der Waals surface area (Å²) < 4.78 is 35.6. The molecule has 0 amide bonds. The van der Waals surface area contributed by atoms with Gasteiger partial charge in [-0.1, -0.05) is 47.6 Å². The standard InChI is InChI=1S/C23H30O6S/c1-18(14-24)7-6-8-19-11-12-22(20(13-19)15-29-17-28-2)23(25)16-30(26,27)21-9-4-3-5-10-21/h3-5,7,9-12,20,24H,6,8,13-17H2,1-2H3/b18-7+/t20-/m1/s1. The summed E-state index contributed by atoms with van der Waals surface area (Å²) in [6, 6.07) is 8.01. The van der Waals surface area contributed by atoms with Crippen LogP contribution in [-0.2, 0) is 24.1 Å². The molecule has 1 N–H and O–H groups in total. The first-order valence-electron chi connectivity index (χ1n) is 9.91. The number of Topliss-reactive ketones (excluding diaryl/α,β-unsaturated/α-hetero) is 1. The number of allylic oxidation sites excluding steroid dienone is 4. The zero-order valence-corrected chi connectivity index (χ0v) is 18.4. The molecule has 1 aromatic rings. The number of carbonyl (C=O) groups excluding carboxylic acids is 1. The fourth-order valence-corrected chi connectivity index (χ4v) is 4.55. The molecule has 2 rings (SSSR count). The Hall–Kier alpha value is -2.06. The molecular formula is C23H30O6S. The topological polar surface area (TPSA) is 89.9 Å². The third-order valence-electron chi connectivity index (χ3n) is 4.92. The van der Waals surface area contributed by atoms with Crippen LogP contribution in [0.5, 0.6) is 0 Å². The second-order valence-corrected chi connectivity index (χ2v) is 9.36. The minimum Gasteiger partial charge on any atom is -0.392 e. The van der Waals surface area contributed by atoms with Crippen molar-refractivity contribution in [3.8, 4) is 0 Å². The maximum absolute atomic E-state index is 12.9. The van der Waals surface area contributed by atoms with Crippen molar-refractivity contribution in [1.82, 2.24) is 0 Å². The van der Waals surface area contributed by atoms with E-state index in [-0.39, 0.29) is 30.8 Å². The molecule has 0 spiro atoms. The van der Waals surface area contributed by atoms with Crippen LogP contribution in [0, 0.1) is 5.92 Å². The zero-order chi connectivity index (χ0) is 22.0. The Morgan fingerprint density at radius 2 is 1.97 bits per heavy atom. The summed E-state index contributed by atoms with van der Waals surface area (Å²) in [5.41, 5.74) is 2.55. The lowest BCUT2D eigenvalue weighted by atomic mass is 9.84. The predicted molar refractivity (Wildman–Crippen MR) is 116 cm³/mol. The van der Waals surface area contributed by atoms with Gasteiger partial charge in [0.25, 0.3) is 0 Å². The molecule has 0 bridgehead atoms. The number of ether oxygens (including phenoxy) is 2. The highest BCUT2D eigenvalue weighted by atomic mass is 32.2. The molecular weight excluding hydrogens is 404 g/mol. The van der Waals surface area contributed by atoms with E-state index in [0.29, 0.717) is 12.0 Å². The molecule has 0 unspecified atom stereocenters. The van der Waals surface area contributed by atoms with Crippen LogP contribution >= 0.6 is 0 Å². The van der Waals surface area contributed by atoms with Gasteiger partial charge in [-0.3, -0.25) is 4.79 Å². The number of hydrogen-bond donors (Lipinski definition) is 1. The number of aliphatic hydroxyl groups excluding tert-OH is 1. The van der Waals surface area contributed by atoms with Crippen molar-refractivity contribution >= 4 is 15.6 Å². The summed E-state index contributed by atoms with van der Waals surface area (Å²) in [6.45, 7) is 2.30. The maximum Gasteiger partial charge on any atom is 0.185 e. The van der Waals surface area contributed by atoms with Gasteiger partial charge in [0.1, 0.15) is 12.5 Å². The van der Waals surface area contributed by atoms with Crippen LogP contribution in [0.1, 0.15) is 26.2 Å². The second kappa shape index (κ2) is 12.0. The van der Waals surface area contributed by atoms with Crippen molar-refractivity contribution in [2.45, 2.75) is 31.1 Å². The fraction of sp³-hybridized carbons (Fsp3) is 0.435. The van der Waals surface area contributed by atoms with Crippen LogP contribution in [0.2, 0.25) is 0 Å². The molecule has 0 radical (unpaired) electrons. The zero-order valence-electron chi connectivity index (χ0n) is 17.5. The third-order valence-corrected chi connectivity index (χ3v) is 6.55. The van der Waals surface area contributed by atoms with E-state index in [1.54, 1.807) is 24.3 Å². The smallest absolute Gasteiger partial charge is 0.185 e. The normalized spacial score (nSPS) is 17.4. The van der Waals surface area contributed by atoms with Gasteiger partial charge in [0, 0.05) is 18.6 Å². The number of aliphatic hydroxyl groups is 1. The first kappa shape index (κ1) is 24.2. The highest BCUT2D eigenvalue weighted by molar-refractivity contribution is 7.92. The van der Waals surface area contributed by atoms with Crippen molar-refractivity contribution in [3.63, 3.8) is 0 Å². The Morgan fingerprint density at radius 3 is 2.63 bits per heavy atom. The molecule has 0 fully saturated rings. The van der Waals surface area contributed by atoms with Gasteiger partial charge in [0.2, 0.25) is 0 Å². The molecule has 164 valence electrons. The molecule has 7 heteroatoms. The quantitative estimate of drug-likeness (QED) is 0.309. The Balaban J connectivity index is 2.14. The molecule has 0 heterocycles. The third kappa shape index (κ3) is 7.32. The number of carbonyl (C=O) groups is 1. The van der Waals surface area contributed by atoms with Gasteiger partial charge in [-0.05, 0) is 38.3 Å². The molecule has 0 aliphatic heterocycles. The molecule has 6 nitrogen and oxygen atoms in total. The van der Waals surface area contributed by atoms with Crippen molar-refractivity contribution in [3.05, 3.63) is 65.3 Å². The van der Waals surface area contributed by atoms with Gasteiger partial charge in [0.15, 0.2) is 15.6 Å². The summed E-state index contributed by atoms with van der Waals surface area (Å²) in [5, 5.41) is 9.10. The average Bonchev–Trinajstić information content (AvgIpc) is 2.74. The van der Waals surface area contributed by atoms with Crippen molar-refractivity contribution < 1.29 is 27.8 Å². The van der Waals surface area contributed by atoms with Gasteiger partial charge in [-0.25, -0.2) is 8.42 Å². The SMILES string of the molecule is COCOC[C@H]1CC(CC/C=C(\C)CO)=CC=C1C(=O)CS(=O)(=O)c1ccccc1. The highest BCUT2D eigenvalue weighted by Gasteiger charge is 2.28. The van der Waals surface area contributed by atoms with E-state index in [1.165, 1.54) is 19.2 Å². The second-order valence-electron chi connectivity index (χ2n) is 7.37. The van der Waals surface area contributed by atoms with Gasteiger partial charge in [-0.15, -0.1) is 0 Å². The molecule has 1 aliphatic rings. The molecule has 0 saturated heterocycles.